The lowest BCUT2D eigenvalue weighted by molar-refractivity contribution is -0.385. The Bertz CT molecular complexity index is 512. The van der Waals surface area contributed by atoms with Crippen LogP contribution >= 0.6 is 10.7 Å². The van der Waals surface area contributed by atoms with Crippen LogP contribution in [0.2, 0.25) is 0 Å². The van der Waals surface area contributed by atoms with Gasteiger partial charge in [0.2, 0.25) is 9.05 Å². The van der Waals surface area contributed by atoms with E-state index in [1.807, 2.05) is 0 Å². The predicted octanol–water partition coefficient (Wildman–Crippen LogP) is 2.01. The lowest BCUT2D eigenvalue weighted by atomic mass is 10.0. The van der Waals surface area contributed by atoms with Gasteiger partial charge in [-0.3, -0.25) is 10.1 Å². The summed E-state index contributed by atoms with van der Waals surface area (Å²) in [6.07, 6.45) is 0.0504. The molecule has 1 aromatic rings. The standard InChI is InChI=1S/C9H10ClNO4S/c1-7-3-2-4-9(11(12)13)8(7)5-6-16(10,14)15/h2-4H,5-6H2,1H3. The lowest BCUT2D eigenvalue weighted by Gasteiger charge is -2.04. The first-order chi connectivity index (χ1) is 7.31. The Labute approximate surface area is 97.6 Å². The third-order valence-corrected chi connectivity index (χ3v) is 3.33. The van der Waals surface area contributed by atoms with Crippen LogP contribution in [0.25, 0.3) is 0 Å². The van der Waals surface area contributed by atoms with Crippen LogP contribution in [0, 0.1) is 17.0 Å². The molecular formula is C9H10ClNO4S. The highest BCUT2D eigenvalue weighted by Gasteiger charge is 2.17. The fourth-order valence-corrected chi connectivity index (χ4v) is 2.09. The second-order valence-electron chi connectivity index (χ2n) is 3.32. The monoisotopic (exact) mass is 263 g/mol. The van der Waals surface area contributed by atoms with Crippen molar-refractivity contribution in [2.24, 2.45) is 0 Å². The van der Waals surface area contributed by atoms with Gasteiger partial charge in [0.25, 0.3) is 5.69 Å². The van der Waals surface area contributed by atoms with Gasteiger partial charge in [-0.2, -0.15) is 0 Å². The van der Waals surface area contributed by atoms with E-state index in [1.165, 1.54) is 6.07 Å². The van der Waals surface area contributed by atoms with Gasteiger partial charge in [-0.25, -0.2) is 8.42 Å². The number of benzene rings is 1. The predicted molar refractivity (Wildman–Crippen MR) is 61.2 cm³/mol. The number of halogens is 1. The molecule has 0 aromatic heterocycles. The van der Waals surface area contributed by atoms with Crippen molar-refractivity contribution in [2.75, 3.05) is 5.75 Å². The smallest absolute Gasteiger partial charge is 0.258 e. The Morgan fingerprint density at radius 3 is 2.56 bits per heavy atom. The van der Waals surface area contributed by atoms with Crippen molar-refractivity contribution in [3.05, 3.63) is 39.4 Å². The highest BCUT2D eigenvalue weighted by molar-refractivity contribution is 8.13. The van der Waals surface area contributed by atoms with Crippen LogP contribution in [-0.2, 0) is 15.5 Å². The Morgan fingerprint density at radius 2 is 2.06 bits per heavy atom. The van der Waals surface area contributed by atoms with Gasteiger partial charge in [-0.15, -0.1) is 0 Å². The zero-order valence-corrected chi connectivity index (χ0v) is 10.1. The number of hydrogen-bond acceptors (Lipinski definition) is 4. The van der Waals surface area contributed by atoms with Gasteiger partial charge in [0.15, 0.2) is 0 Å². The Morgan fingerprint density at radius 1 is 1.44 bits per heavy atom. The van der Waals surface area contributed by atoms with Gasteiger partial charge in [0, 0.05) is 22.3 Å². The van der Waals surface area contributed by atoms with Crippen LogP contribution in [0.4, 0.5) is 5.69 Å². The summed E-state index contributed by atoms with van der Waals surface area (Å²) in [5, 5.41) is 10.7. The van der Waals surface area contributed by atoms with E-state index in [4.69, 9.17) is 10.7 Å². The van der Waals surface area contributed by atoms with Crippen LogP contribution in [-0.4, -0.2) is 19.1 Å². The molecule has 0 atom stereocenters. The summed E-state index contributed by atoms with van der Waals surface area (Å²) < 4.78 is 21.6. The second-order valence-corrected chi connectivity index (χ2v) is 6.22. The van der Waals surface area contributed by atoms with Crippen molar-refractivity contribution >= 4 is 25.4 Å². The summed E-state index contributed by atoms with van der Waals surface area (Å²) in [4.78, 5) is 10.2. The Balaban J connectivity index is 3.07. The van der Waals surface area contributed by atoms with E-state index in [2.05, 4.69) is 0 Å². The molecule has 0 bridgehead atoms. The number of nitro benzene ring substituents is 1. The average Bonchev–Trinajstić information content (AvgIpc) is 2.13. The fraction of sp³-hybridized carbons (Fsp3) is 0.333. The van der Waals surface area contributed by atoms with E-state index in [9.17, 15) is 18.5 Å². The first-order valence-corrected chi connectivity index (χ1v) is 6.94. The molecule has 1 aromatic carbocycles. The first kappa shape index (κ1) is 12.9. The summed E-state index contributed by atoms with van der Waals surface area (Å²) in [7, 11) is 1.44. The minimum atomic E-state index is -3.63. The molecule has 16 heavy (non-hydrogen) atoms. The molecule has 0 saturated heterocycles. The molecule has 0 heterocycles. The van der Waals surface area contributed by atoms with Crippen molar-refractivity contribution in [2.45, 2.75) is 13.3 Å². The molecule has 0 spiro atoms. The second kappa shape index (κ2) is 4.80. The molecule has 0 aliphatic rings. The van der Waals surface area contributed by atoms with Crippen molar-refractivity contribution in [3.8, 4) is 0 Å². The fourth-order valence-electron chi connectivity index (χ4n) is 1.41. The molecule has 0 radical (unpaired) electrons. The molecule has 88 valence electrons. The third kappa shape index (κ3) is 3.46. The maximum absolute atomic E-state index is 10.8. The van der Waals surface area contributed by atoms with Crippen molar-refractivity contribution in [1.82, 2.24) is 0 Å². The molecule has 5 nitrogen and oxygen atoms in total. The van der Waals surface area contributed by atoms with E-state index in [-0.39, 0.29) is 17.9 Å². The molecule has 0 aliphatic carbocycles. The summed E-state index contributed by atoms with van der Waals surface area (Å²) >= 11 is 0. The summed E-state index contributed by atoms with van der Waals surface area (Å²) in [6.45, 7) is 1.70. The van der Waals surface area contributed by atoms with Crippen molar-refractivity contribution in [3.63, 3.8) is 0 Å². The maximum Gasteiger partial charge on any atom is 0.272 e. The average molecular weight is 264 g/mol. The van der Waals surface area contributed by atoms with Crippen LogP contribution < -0.4 is 0 Å². The van der Waals surface area contributed by atoms with Crippen LogP contribution in [0.15, 0.2) is 18.2 Å². The zero-order valence-electron chi connectivity index (χ0n) is 8.51. The molecule has 7 heteroatoms. The molecule has 0 N–H and O–H groups in total. The maximum atomic E-state index is 10.8. The minimum Gasteiger partial charge on any atom is -0.258 e. The van der Waals surface area contributed by atoms with Gasteiger partial charge in [0.05, 0.1) is 10.7 Å². The number of rotatable bonds is 4. The number of hydrogen-bond donors (Lipinski definition) is 0. The van der Waals surface area contributed by atoms with Crippen molar-refractivity contribution < 1.29 is 13.3 Å². The van der Waals surface area contributed by atoms with Crippen LogP contribution in [0.5, 0.6) is 0 Å². The number of nitro groups is 1. The van der Waals surface area contributed by atoms with E-state index in [0.717, 1.165) is 0 Å². The lowest BCUT2D eigenvalue weighted by Crippen LogP contribution is -2.05. The van der Waals surface area contributed by atoms with E-state index in [0.29, 0.717) is 11.1 Å². The molecule has 0 fully saturated rings. The largest absolute Gasteiger partial charge is 0.272 e. The number of nitrogens with zero attached hydrogens (tertiary/aromatic N) is 1. The molecule has 1 rings (SSSR count). The van der Waals surface area contributed by atoms with Crippen LogP contribution in [0.1, 0.15) is 11.1 Å². The zero-order chi connectivity index (χ0) is 12.3. The molecule has 0 saturated carbocycles. The molecule has 0 amide bonds. The summed E-state index contributed by atoms with van der Waals surface area (Å²) in [5.74, 6) is -0.305. The highest BCUT2D eigenvalue weighted by Crippen LogP contribution is 2.23. The van der Waals surface area contributed by atoms with Crippen molar-refractivity contribution in [1.29, 1.82) is 0 Å². The molecule has 0 unspecified atom stereocenters. The summed E-state index contributed by atoms with van der Waals surface area (Å²) in [5.41, 5.74) is 1.03. The topological polar surface area (TPSA) is 77.3 Å². The minimum absolute atomic E-state index is 0.0504. The highest BCUT2D eigenvalue weighted by atomic mass is 35.7. The van der Waals surface area contributed by atoms with E-state index in [1.54, 1.807) is 19.1 Å². The van der Waals surface area contributed by atoms with E-state index >= 15 is 0 Å². The van der Waals surface area contributed by atoms with Gasteiger partial charge in [-0.05, 0) is 18.9 Å². The van der Waals surface area contributed by atoms with Gasteiger partial charge in [0.1, 0.15) is 0 Å². The molecule has 0 aliphatic heterocycles. The van der Waals surface area contributed by atoms with Gasteiger partial charge >= 0.3 is 0 Å². The first-order valence-electron chi connectivity index (χ1n) is 4.46. The van der Waals surface area contributed by atoms with Gasteiger partial charge in [-0.1, -0.05) is 12.1 Å². The Hall–Kier alpha value is -1.14. The number of aryl methyl sites for hydroxylation is 1. The SMILES string of the molecule is Cc1cccc([N+](=O)[O-])c1CCS(=O)(=O)Cl. The van der Waals surface area contributed by atoms with Crippen LogP contribution in [0.3, 0.4) is 0 Å². The molecular weight excluding hydrogens is 254 g/mol. The summed E-state index contributed by atoms with van der Waals surface area (Å²) in [6, 6.07) is 4.61. The quantitative estimate of drug-likeness (QED) is 0.473. The third-order valence-electron chi connectivity index (χ3n) is 2.18. The van der Waals surface area contributed by atoms with Gasteiger partial charge < -0.3 is 0 Å². The normalized spacial score (nSPS) is 11.4. The van der Waals surface area contributed by atoms with E-state index < -0.39 is 14.0 Å². The Kier molecular flexibility index (Phi) is 3.88.